The summed E-state index contributed by atoms with van der Waals surface area (Å²) in [6.45, 7) is 3.20. The molecule has 1 atom stereocenters. The Hall–Kier alpha value is -1.81. The van der Waals surface area contributed by atoms with Gasteiger partial charge in [0, 0.05) is 30.6 Å². The number of aromatic nitrogens is 1. The van der Waals surface area contributed by atoms with E-state index in [0.717, 1.165) is 19.8 Å². The van der Waals surface area contributed by atoms with E-state index >= 15 is 0 Å². The van der Waals surface area contributed by atoms with E-state index in [1.54, 1.807) is 0 Å². The first kappa shape index (κ1) is 14.3. The van der Waals surface area contributed by atoms with Gasteiger partial charge >= 0.3 is 0 Å². The summed E-state index contributed by atoms with van der Waals surface area (Å²) in [6.07, 6.45) is 1.96. The van der Waals surface area contributed by atoms with Crippen LogP contribution in [-0.2, 0) is 11.2 Å². The van der Waals surface area contributed by atoms with E-state index in [1.807, 2.05) is 6.07 Å². The number of nitrogens with one attached hydrogen (secondary N) is 1. The van der Waals surface area contributed by atoms with Gasteiger partial charge in [-0.25, -0.2) is 0 Å². The zero-order valence-electron chi connectivity index (χ0n) is 10.8. The molecule has 4 heteroatoms. The van der Waals surface area contributed by atoms with Crippen molar-refractivity contribution < 1.29 is 9.90 Å². The van der Waals surface area contributed by atoms with Gasteiger partial charge in [-0.1, -0.05) is 25.1 Å². The number of H-pyrrole nitrogens is 1. The third-order valence-electron chi connectivity index (χ3n) is 2.59. The molecule has 98 valence electrons. The number of carbonyl (C=O) groups is 1. The van der Waals surface area contributed by atoms with Crippen molar-refractivity contribution in [3.63, 3.8) is 0 Å². The first-order valence-corrected chi connectivity index (χ1v) is 6.04. The van der Waals surface area contributed by atoms with Crippen LogP contribution in [0.1, 0.15) is 26.0 Å². The van der Waals surface area contributed by atoms with Crippen molar-refractivity contribution in [3.8, 4) is 0 Å². The molecule has 1 aromatic heterocycles. The van der Waals surface area contributed by atoms with Crippen molar-refractivity contribution in [2.24, 2.45) is 5.73 Å². The number of nitrogens with two attached hydrogens (primary N) is 1. The zero-order valence-corrected chi connectivity index (χ0v) is 10.8. The summed E-state index contributed by atoms with van der Waals surface area (Å²) in [5.41, 5.74) is 8.34. The zero-order chi connectivity index (χ0) is 13.5. The number of aromatic amines is 1. The lowest BCUT2D eigenvalue weighted by Crippen LogP contribution is -2.21. The molecule has 18 heavy (non-hydrogen) atoms. The van der Waals surface area contributed by atoms with E-state index in [9.17, 15) is 0 Å². The van der Waals surface area contributed by atoms with E-state index in [4.69, 9.17) is 15.6 Å². The maximum atomic E-state index is 9.00. The molecule has 1 unspecified atom stereocenters. The number of fused-ring (bicyclic) bond motifs is 1. The number of aliphatic carboxylic acids is 1. The van der Waals surface area contributed by atoms with Crippen LogP contribution in [0.15, 0.2) is 30.3 Å². The van der Waals surface area contributed by atoms with Crippen LogP contribution < -0.4 is 5.73 Å². The Balaban J connectivity index is 0.000000357. The van der Waals surface area contributed by atoms with Crippen molar-refractivity contribution in [1.82, 2.24) is 4.98 Å². The highest BCUT2D eigenvalue weighted by atomic mass is 16.4. The minimum Gasteiger partial charge on any atom is -0.481 e. The topological polar surface area (TPSA) is 79.1 Å². The molecule has 0 amide bonds. The quantitative estimate of drug-likeness (QED) is 0.781. The molecule has 0 aliphatic heterocycles. The van der Waals surface area contributed by atoms with Crippen LogP contribution in [0, 0.1) is 0 Å². The predicted octanol–water partition coefficient (Wildman–Crippen LogP) is 2.54. The molecule has 1 aromatic carbocycles. The average molecular weight is 248 g/mol. The van der Waals surface area contributed by atoms with Gasteiger partial charge in [0.05, 0.1) is 0 Å². The molecule has 2 aromatic rings. The molecule has 0 aliphatic carbocycles. The number of rotatable bonds is 3. The summed E-state index contributed by atoms with van der Waals surface area (Å²) in [5.74, 6) is -0.833. The summed E-state index contributed by atoms with van der Waals surface area (Å²) >= 11 is 0. The van der Waals surface area contributed by atoms with Gasteiger partial charge in [0.2, 0.25) is 0 Å². The normalized spacial score (nSPS) is 11.7. The standard InChI is InChI=1S/C12H16N2.C2H4O2/c1-2-10(13)8-11-7-9-5-3-4-6-12(9)14-11;1-2(3)4/h3-7,10,14H,2,8,13H2,1H3;1H3,(H,3,4). The summed E-state index contributed by atoms with van der Waals surface area (Å²) in [5, 5.41) is 8.69. The van der Waals surface area contributed by atoms with E-state index in [0.29, 0.717) is 0 Å². The largest absolute Gasteiger partial charge is 0.481 e. The summed E-state index contributed by atoms with van der Waals surface area (Å²) in [6, 6.07) is 10.8. The molecule has 0 spiro atoms. The minimum atomic E-state index is -0.833. The number of hydrogen-bond acceptors (Lipinski definition) is 2. The first-order valence-electron chi connectivity index (χ1n) is 6.04. The van der Waals surface area contributed by atoms with Gasteiger partial charge in [-0.3, -0.25) is 4.79 Å². The maximum Gasteiger partial charge on any atom is 0.300 e. The van der Waals surface area contributed by atoms with Gasteiger partial charge in [0.1, 0.15) is 0 Å². The highest BCUT2D eigenvalue weighted by Gasteiger charge is 2.04. The van der Waals surface area contributed by atoms with Gasteiger partial charge < -0.3 is 15.8 Å². The van der Waals surface area contributed by atoms with Crippen LogP contribution in [0.3, 0.4) is 0 Å². The second-order valence-corrected chi connectivity index (χ2v) is 4.27. The fraction of sp³-hybridized carbons (Fsp3) is 0.357. The van der Waals surface area contributed by atoms with Crippen LogP contribution in [0.2, 0.25) is 0 Å². The lowest BCUT2D eigenvalue weighted by atomic mass is 10.1. The maximum absolute atomic E-state index is 9.00. The molecule has 0 aliphatic rings. The van der Waals surface area contributed by atoms with Crippen molar-refractivity contribution in [3.05, 3.63) is 36.0 Å². The molecule has 4 nitrogen and oxygen atoms in total. The van der Waals surface area contributed by atoms with E-state index in [1.165, 1.54) is 16.6 Å². The fourth-order valence-electron chi connectivity index (χ4n) is 1.67. The van der Waals surface area contributed by atoms with E-state index in [2.05, 4.69) is 36.2 Å². The minimum absolute atomic E-state index is 0.267. The van der Waals surface area contributed by atoms with Crippen LogP contribution in [-0.4, -0.2) is 22.1 Å². The second-order valence-electron chi connectivity index (χ2n) is 4.27. The van der Waals surface area contributed by atoms with Gasteiger partial charge in [0.25, 0.3) is 5.97 Å². The molecular formula is C14H20N2O2. The molecule has 0 radical (unpaired) electrons. The summed E-state index contributed by atoms with van der Waals surface area (Å²) < 4.78 is 0. The van der Waals surface area contributed by atoms with Gasteiger partial charge in [-0.15, -0.1) is 0 Å². The van der Waals surface area contributed by atoms with Crippen molar-refractivity contribution in [2.45, 2.75) is 32.7 Å². The Bertz CT molecular complexity index is 468. The van der Waals surface area contributed by atoms with Gasteiger partial charge in [-0.2, -0.15) is 0 Å². The Morgan fingerprint density at radius 1 is 1.44 bits per heavy atom. The number of benzene rings is 1. The SMILES string of the molecule is CC(=O)O.CCC(N)Cc1cc2ccccc2[nH]1. The molecule has 0 saturated heterocycles. The van der Waals surface area contributed by atoms with E-state index in [-0.39, 0.29) is 6.04 Å². The Morgan fingerprint density at radius 3 is 2.61 bits per heavy atom. The van der Waals surface area contributed by atoms with Crippen molar-refractivity contribution >= 4 is 16.9 Å². The average Bonchev–Trinajstić information content (AvgIpc) is 2.70. The van der Waals surface area contributed by atoms with Crippen molar-refractivity contribution in [1.29, 1.82) is 0 Å². The van der Waals surface area contributed by atoms with Crippen LogP contribution in [0.25, 0.3) is 10.9 Å². The molecule has 2 rings (SSSR count). The summed E-state index contributed by atoms with van der Waals surface area (Å²) in [4.78, 5) is 12.4. The Labute approximate surface area is 107 Å². The summed E-state index contributed by atoms with van der Waals surface area (Å²) in [7, 11) is 0. The molecule has 4 N–H and O–H groups in total. The lowest BCUT2D eigenvalue weighted by Gasteiger charge is -2.05. The van der Waals surface area contributed by atoms with Crippen LogP contribution in [0.4, 0.5) is 0 Å². The third-order valence-corrected chi connectivity index (χ3v) is 2.59. The van der Waals surface area contributed by atoms with Crippen LogP contribution >= 0.6 is 0 Å². The molecular weight excluding hydrogens is 228 g/mol. The van der Waals surface area contributed by atoms with Crippen LogP contribution in [0.5, 0.6) is 0 Å². The smallest absolute Gasteiger partial charge is 0.300 e. The third kappa shape index (κ3) is 4.59. The molecule has 0 saturated carbocycles. The number of carboxylic acids is 1. The molecule has 0 fully saturated rings. The number of carboxylic acid groups (broad SMARTS) is 1. The predicted molar refractivity (Wildman–Crippen MR) is 73.6 cm³/mol. The van der Waals surface area contributed by atoms with Gasteiger partial charge in [0.15, 0.2) is 0 Å². The highest BCUT2D eigenvalue weighted by molar-refractivity contribution is 5.80. The Kier molecular flexibility index (Phi) is 5.39. The number of para-hydroxylation sites is 1. The van der Waals surface area contributed by atoms with Crippen molar-refractivity contribution in [2.75, 3.05) is 0 Å². The first-order chi connectivity index (χ1) is 8.52. The Morgan fingerprint density at radius 2 is 2.06 bits per heavy atom. The lowest BCUT2D eigenvalue weighted by molar-refractivity contribution is -0.134. The highest BCUT2D eigenvalue weighted by Crippen LogP contribution is 2.15. The second kappa shape index (κ2) is 6.81. The number of hydrogen-bond donors (Lipinski definition) is 3. The van der Waals surface area contributed by atoms with E-state index < -0.39 is 5.97 Å². The monoisotopic (exact) mass is 248 g/mol. The molecule has 0 bridgehead atoms. The molecule has 1 heterocycles. The van der Waals surface area contributed by atoms with Gasteiger partial charge in [-0.05, 0) is 23.9 Å². The fourth-order valence-corrected chi connectivity index (χ4v) is 1.67.